The van der Waals surface area contributed by atoms with Crippen molar-refractivity contribution in [2.45, 2.75) is 58.2 Å². The van der Waals surface area contributed by atoms with Crippen LogP contribution in [0.1, 0.15) is 44.7 Å². The first-order valence-corrected chi connectivity index (χ1v) is 17.9. The van der Waals surface area contributed by atoms with E-state index in [9.17, 15) is 9.36 Å². The minimum Gasteiger partial charge on any atom is -0.495 e. The van der Waals surface area contributed by atoms with E-state index in [2.05, 4.69) is 37.6 Å². The molecule has 0 radical (unpaired) electrons. The number of hydrogen-bond donors (Lipinski definition) is 2. The van der Waals surface area contributed by atoms with Crippen LogP contribution < -0.4 is 20.7 Å². The lowest BCUT2D eigenvalue weighted by Gasteiger charge is -2.41. The fourth-order valence-corrected chi connectivity index (χ4v) is 7.03. The van der Waals surface area contributed by atoms with Crippen LogP contribution in [-0.4, -0.2) is 77.6 Å². The number of para-hydroxylation sites is 1. The average Bonchev–Trinajstić information content (AvgIpc) is 2.97. The maximum Gasteiger partial charge on any atom is 0.410 e. The number of methoxy groups -OCH3 is 1. The zero-order valence-corrected chi connectivity index (χ0v) is 28.0. The normalized spacial score (nSPS) is 16.3. The fourth-order valence-electron chi connectivity index (χ4n) is 5.74. The van der Waals surface area contributed by atoms with E-state index in [1.807, 2.05) is 49.9 Å². The van der Waals surface area contributed by atoms with Crippen LogP contribution in [0.25, 0.3) is 0 Å². The molecule has 0 bridgehead atoms. The Labute approximate surface area is 264 Å². The molecule has 2 aliphatic rings. The van der Waals surface area contributed by atoms with Gasteiger partial charge in [-0.25, -0.2) is 9.78 Å². The number of amides is 1. The molecule has 3 aromatic rings. The van der Waals surface area contributed by atoms with Gasteiger partial charge in [-0.1, -0.05) is 23.7 Å². The lowest BCUT2D eigenvalue weighted by atomic mass is 9.94. The van der Waals surface area contributed by atoms with Crippen LogP contribution in [0.3, 0.4) is 0 Å². The third-order valence-electron chi connectivity index (χ3n) is 7.92. The summed E-state index contributed by atoms with van der Waals surface area (Å²) in [6, 6.07) is 12.1. The van der Waals surface area contributed by atoms with E-state index in [1.165, 1.54) is 17.3 Å². The summed E-state index contributed by atoms with van der Waals surface area (Å²) in [4.78, 5) is 25.9. The summed E-state index contributed by atoms with van der Waals surface area (Å²) < 4.78 is 24.2. The number of likely N-dealkylation sites (tertiary alicyclic amines) is 1. The van der Waals surface area contributed by atoms with Crippen molar-refractivity contribution in [2.24, 2.45) is 0 Å². The number of ether oxygens (including phenoxy) is 2. The molecule has 10 nitrogen and oxygen atoms in total. The average molecular weight is 641 g/mol. The van der Waals surface area contributed by atoms with E-state index in [0.717, 1.165) is 43.3 Å². The Hall–Kier alpha value is -3.33. The Morgan fingerprint density at radius 3 is 2.45 bits per heavy atom. The topological polar surface area (TPSA) is 109 Å². The second-order valence-corrected chi connectivity index (χ2v) is 16.3. The van der Waals surface area contributed by atoms with Gasteiger partial charge in [0.25, 0.3) is 0 Å². The molecule has 1 amide bonds. The summed E-state index contributed by atoms with van der Waals surface area (Å²) in [6.07, 6.45) is 4.06. The first-order chi connectivity index (χ1) is 20.8. The molecule has 3 heterocycles. The summed E-state index contributed by atoms with van der Waals surface area (Å²) in [7, 11) is -0.876. The number of halogens is 1. The van der Waals surface area contributed by atoms with Crippen LogP contribution in [0.2, 0.25) is 5.02 Å². The molecule has 5 rings (SSSR count). The lowest BCUT2D eigenvalue weighted by molar-refractivity contribution is 0.0134. The van der Waals surface area contributed by atoms with Crippen molar-refractivity contribution in [3.05, 3.63) is 58.7 Å². The number of benzene rings is 2. The number of piperidine rings is 1. The van der Waals surface area contributed by atoms with Crippen LogP contribution in [-0.2, 0) is 22.3 Å². The van der Waals surface area contributed by atoms with Gasteiger partial charge in [0.15, 0.2) is 5.82 Å². The molecule has 236 valence electrons. The van der Waals surface area contributed by atoms with E-state index in [0.29, 0.717) is 47.4 Å². The summed E-state index contributed by atoms with van der Waals surface area (Å²) in [5.41, 5.74) is 3.45. The van der Waals surface area contributed by atoms with Crippen LogP contribution in [0.4, 0.5) is 27.9 Å². The first kappa shape index (κ1) is 32.1. The van der Waals surface area contributed by atoms with Crippen molar-refractivity contribution in [3.8, 4) is 5.75 Å². The second-order valence-electron chi connectivity index (χ2n) is 12.7. The number of hydrogen-bond acceptors (Lipinski definition) is 9. The number of aromatic nitrogens is 2. The van der Waals surface area contributed by atoms with Crippen molar-refractivity contribution in [1.29, 1.82) is 0 Å². The highest BCUT2D eigenvalue weighted by Crippen LogP contribution is 2.39. The molecule has 44 heavy (non-hydrogen) atoms. The molecule has 0 unspecified atom stereocenters. The molecule has 0 aliphatic carbocycles. The smallest absolute Gasteiger partial charge is 0.410 e. The van der Waals surface area contributed by atoms with E-state index in [4.69, 9.17) is 21.1 Å². The molecule has 1 fully saturated rings. The molecule has 0 atom stereocenters. The molecule has 2 aromatic carbocycles. The van der Waals surface area contributed by atoms with Gasteiger partial charge in [-0.15, -0.1) is 0 Å². The van der Waals surface area contributed by atoms with Gasteiger partial charge in [-0.3, -0.25) is 4.90 Å². The van der Waals surface area contributed by atoms with Crippen molar-refractivity contribution in [1.82, 2.24) is 19.8 Å². The number of fused-ring (bicyclic) bond motifs is 1. The van der Waals surface area contributed by atoms with E-state index in [1.54, 1.807) is 20.4 Å². The van der Waals surface area contributed by atoms with Gasteiger partial charge in [-0.05, 0) is 88.8 Å². The molecular formula is C32H42ClN6O4P. The van der Waals surface area contributed by atoms with Crippen molar-refractivity contribution in [2.75, 3.05) is 50.7 Å². The predicted octanol–water partition coefficient (Wildman–Crippen LogP) is 6.63. The van der Waals surface area contributed by atoms with Gasteiger partial charge < -0.3 is 29.6 Å². The highest BCUT2D eigenvalue weighted by Gasteiger charge is 2.31. The fraction of sp³-hybridized carbons (Fsp3) is 0.469. The zero-order valence-electron chi connectivity index (χ0n) is 26.3. The van der Waals surface area contributed by atoms with E-state index >= 15 is 0 Å². The second kappa shape index (κ2) is 13.0. The SMILES string of the molecule is COc1cc2c(cc1Nc1ncc(Cl)c(Nc3ccccc3P(C)(C)=O)n1)CCN(C1CCN(C(=O)OC(C)(C)C)CC1)C2. The van der Waals surface area contributed by atoms with Gasteiger partial charge in [0, 0.05) is 37.5 Å². The van der Waals surface area contributed by atoms with Crippen molar-refractivity contribution >= 4 is 53.3 Å². The molecule has 2 aliphatic heterocycles. The summed E-state index contributed by atoms with van der Waals surface area (Å²) in [5, 5.41) is 7.63. The van der Waals surface area contributed by atoms with Crippen molar-refractivity contribution in [3.63, 3.8) is 0 Å². The monoisotopic (exact) mass is 640 g/mol. The number of rotatable bonds is 7. The number of anilines is 4. The summed E-state index contributed by atoms with van der Waals surface area (Å²) in [5.74, 6) is 1.47. The first-order valence-electron chi connectivity index (χ1n) is 14.9. The van der Waals surface area contributed by atoms with Crippen LogP contribution in [0.15, 0.2) is 42.6 Å². The number of nitrogens with one attached hydrogen (secondary N) is 2. The highest BCUT2D eigenvalue weighted by molar-refractivity contribution is 7.70. The molecule has 2 N–H and O–H groups in total. The maximum absolute atomic E-state index is 12.8. The van der Waals surface area contributed by atoms with Crippen LogP contribution in [0, 0.1) is 0 Å². The lowest BCUT2D eigenvalue weighted by Crippen LogP contribution is -2.49. The predicted molar refractivity (Wildman–Crippen MR) is 177 cm³/mol. The minimum atomic E-state index is -2.53. The maximum atomic E-state index is 12.8. The number of nitrogens with zero attached hydrogens (tertiary/aromatic N) is 4. The number of carbonyl (C=O) groups excluding carboxylic acids is 1. The van der Waals surface area contributed by atoms with Gasteiger partial charge >= 0.3 is 6.09 Å². The Balaban J connectivity index is 1.27. The molecule has 1 saturated heterocycles. The van der Waals surface area contributed by atoms with Gasteiger partial charge in [0.2, 0.25) is 5.95 Å². The molecular weight excluding hydrogens is 599 g/mol. The number of carbonyl (C=O) groups is 1. The molecule has 12 heteroatoms. The third-order valence-corrected chi connectivity index (χ3v) is 9.75. The zero-order chi connectivity index (χ0) is 31.6. The summed E-state index contributed by atoms with van der Waals surface area (Å²) in [6.45, 7) is 12.3. The Morgan fingerprint density at radius 1 is 1.05 bits per heavy atom. The quantitative estimate of drug-likeness (QED) is 0.275. The highest BCUT2D eigenvalue weighted by atomic mass is 35.5. The standard InChI is InChI=1S/C32H42ClN6O4P/c1-32(2,3)43-31(40)38-15-12-23(13-16-38)39-14-11-21-17-26(27(42-4)18-22(21)20-39)36-30-34-19-24(33)29(37-30)35-25-9-7-8-10-28(25)44(5,6)41/h7-10,17-19,23H,11-16,20H2,1-6H3,(H2,34,35,36,37). The van der Waals surface area contributed by atoms with E-state index in [-0.39, 0.29) is 6.09 Å². The third kappa shape index (κ3) is 7.65. The Bertz CT molecular complexity index is 1560. The van der Waals surface area contributed by atoms with Crippen LogP contribution >= 0.6 is 18.7 Å². The largest absolute Gasteiger partial charge is 0.495 e. The van der Waals surface area contributed by atoms with Crippen molar-refractivity contribution < 1.29 is 18.8 Å². The van der Waals surface area contributed by atoms with Gasteiger partial charge in [0.05, 0.1) is 24.7 Å². The summed E-state index contributed by atoms with van der Waals surface area (Å²) >= 11 is 6.46. The van der Waals surface area contributed by atoms with E-state index < -0.39 is 12.7 Å². The Morgan fingerprint density at radius 2 is 1.77 bits per heavy atom. The minimum absolute atomic E-state index is 0.227. The molecule has 0 spiro atoms. The Kier molecular flexibility index (Phi) is 9.44. The van der Waals surface area contributed by atoms with Gasteiger partial charge in [0.1, 0.15) is 23.5 Å². The van der Waals surface area contributed by atoms with Gasteiger partial charge in [-0.2, -0.15) is 4.98 Å². The molecule has 1 aromatic heterocycles. The van der Waals surface area contributed by atoms with Crippen LogP contribution in [0.5, 0.6) is 5.75 Å². The molecule has 0 saturated carbocycles.